The molecule has 0 heterocycles. The predicted octanol–water partition coefficient (Wildman–Crippen LogP) is 3.65. The van der Waals surface area contributed by atoms with Gasteiger partial charge in [-0.3, -0.25) is 4.79 Å². The molecule has 0 aliphatic rings. The zero-order valence-electron chi connectivity index (χ0n) is 10.8. The highest BCUT2D eigenvalue weighted by atomic mass is 19.1. The van der Waals surface area contributed by atoms with E-state index in [1.807, 2.05) is 0 Å². The first-order valence-electron chi connectivity index (χ1n) is 5.78. The highest BCUT2D eigenvalue weighted by Gasteiger charge is 2.19. The molecular weight excluding hydrogens is 269 g/mol. The van der Waals surface area contributed by atoms with Gasteiger partial charge in [-0.05, 0) is 30.7 Å². The number of ketones is 1. The van der Waals surface area contributed by atoms with Crippen molar-refractivity contribution in [3.63, 3.8) is 0 Å². The molecule has 0 amide bonds. The lowest BCUT2D eigenvalue weighted by atomic mass is 10.00. The molecule has 0 bridgehead atoms. The van der Waals surface area contributed by atoms with Crippen LogP contribution in [0, 0.1) is 24.4 Å². The molecule has 0 aliphatic heterocycles. The van der Waals surface area contributed by atoms with Gasteiger partial charge in [0, 0.05) is 12.1 Å². The number of hydrogen-bond donors (Lipinski definition) is 0. The maximum absolute atomic E-state index is 13.8. The number of aryl methyl sites for hydroxylation is 1. The smallest absolute Gasteiger partial charge is 0.198 e. The van der Waals surface area contributed by atoms with Gasteiger partial charge >= 0.3 is 0 Å². The molecule has 0 N–H and O–H groups in total. The van der Waals surface area contributed by atoms with E-state index in [-0.39, 0.29) is 22.4 Å². The van der Waals surface area contributed by atoms with E-state index in [0.29, 0.717) is 6.07 Å². The van der Waals surface area contributed by atoms with Crippen LogP contribution in [0.2, 0.25) is 0 Å². The Balaban J connectivity index is 2.49. The third-order valence-corrected chi connectivity index (χ3v) is 2.91. The zero-order chi connectivity index (χ0) is 14.9. The third-order valence-electron chi connectivity index (χ3n) is 2.91. The third kappa shape index (κ3) is 2.52. The van der Waals surface area contributed by atoms with Crippen molar-refractivity contribution < 1.29 is 22.7 Å². The Morgan fingerprint density at radius 3 is 2.20 bits per heavy atom. The summed E-state index contributed by atoms with van der Waals surface area (Å²) < 4.78 is 45.4. The summed E-state index contributed by atoms with van der Waals surface area (Å²) in [6.45, 7) is 1.40. The molecule has 0 atom stereocenters. The van der Waals surface area contributed by atoms with Crippen LogP contribution in [0.15, 0.2) is 30.3 Å². The number of carbonyl (C=O) groups is 1. The van der Waals surface area contributed by atoms with Gasteiger partial charge in [-0.1, -0.05) is 0 Å². The Hall–Kier alpha value is -2.30. The molecule has 2 aromatic rings. The molecular formula is C15H11F3O2. The van der Waals surface area contributed by atoms with E-state index in [0.717, 1.165) is 12.1 Å². The van der Waals surface area contributed by atoms with Crippen LogP contribution in [0.3, 0.4) is 0 Å². The number of rotatable bonds is 3. The van der Waals surface area contributed by atoms with E-state index in [4.69, 9.17) is 4.74 Å². The number of hydrogen-bond acceptors (Lipinski definition) is 2. The molecule has 0 spiro atoms. The van der Waals surface area contributed by atoms with E-state index in [9.17, 15) is 18.0 Å². The summed E-state index contributed by atoms with van der Waals surface area (Å²) >= 11 is 0. The first-order valence-corrected chi connectivity index (χ1v) is 5.78. The topological polar surface area (TPSA) is 26.3 Å². The summed E-state index contributed by atoms with van der Waals surface area (Å²) in [4.78, 5) is 12.1. The van der Waals surface area contributed by atoms with Crippen LogP contribution in [0.1, 0.15) is 21.5 Å². The first kappa shape index (κ1) is 14.1. The Kier molecular flexibility index (Phi) is 3.79. The van der Waals surface area contributed by atoms with Crippen LogP contribution in [0.25, 0.3) is 0 Å². The molecule has 104 valence electrons. The fourth-order valence-electron chi connectivity index (χ4n) is 1.78. The van der Waals surface area contributed by atoms with Gasteiger partial charge < -0.3 is 4.74 Å². The lowest BCUT2D eigenvalue weighted by molar-refractivity contribution is 0.103. The van der Waals surface area contributed by atoms with Gasteiger partial charge in [0.25, 0.3) is 0 Å². The van der Waals surface area contributed by atoms with Gasteiger partial charge in [-0.2, -0.15) is 0 Å². The molecule has 0 unspecified atom stereocenters. The Labute approximate surface area is 113 Å². The fraction of sp³-hybridized carbons (Fsp3) is 0.133. The summed E-state index contributed by atoms with van der Waals surface area (Å²) in [5.74, 6) is -3.20. The summed E-state index contributed by atoms with van der Waals surface area (Å²) in [6, 6.07) is 5.31. The van der Waals surface area contributed by atoms with Crippen molar-refractivity contribution in [2.75, 3.05) is 7.11 Å². The zero-order valence-corrected chi connectivity index (χ0v) is 10.8. The van der Waals surface area contributed by atoms with Crippen LogP contribution in [0.5, 0.6) is 5.75 Å². The minimum absolute atomic E-state index is 0.115. The second-order valence-electron chi connectivity index (χ2n) is 4.26. The van der Waals surface area contributed by atoms with Crippen LogP contribution >= 0.6 is 0 Å². The largest absolute Gasteiger partial charge is 0.497 e. The van der Waals surface area contributed by atoms with Crippen molar-refractivity contribution in [3.05, 3.63) is 64.5 Å². The summed E-state index contributed by atoms with van der Waals surface area (Å²) in [7, 11) is 1.36. The van der Waals surface area contributed by atoms with Crippen LogP contribution in [-0.2, 0) is 0 Å². The van der Waals surface area contributed by atoms with Gasteiger partial charge in [0.1, 0.15) is 23.2 Å². The lowest BCUT2D eigenvalue weighted by Gasteiger charge is -2.07. The average molecular weight is 280 g/mol. The molecule has 5 heteroatoms. The first-order chi connectivity index (χ1) is 9.43. The highest BCUT2D eigenvalue weighted by molar-refractivity contribution is 6.09. The van der Waals surface area contributed by atoms with Crippen LogP contribution in [0.4, 0.5) is 13.2 Å². The summed E-state index contributed by atoms with van der Waals surface area (Å²) in [5.41, 5.74) is -0.549. The lowest BCUT2D eigenvalue weighted by Crippen LogP contribution is -2.08. The van der Waals surface area contributed by atoms with E-state index in [1.165, 1.54) is 26.2 Å². The van der Waals surface area contributed by atoms with E-state index < -0.39 is 23.2 Å². The Morgan fingerprint density at radius 1 is 0.950 bits per heavy atom. The molecule has 2 rings (SSSR count). The van der Waals surface area contributed by atoms with Crippen LogP contribution in [-0.4, -0.2) is 12.9 Å². The Bertz CT molecular complexity index is 681. The molecule has 20 heavy (non-hydrogen) atoms. The predicted molar refractivity (Wildman–Crippen MR) is 67.5 cm³/mol. The molecule has 0 aromatic heterocycles. The van der Waals surface area contributed by atoms with Crippen LogP contribution < -0.4 is 4.74 Å². The van der Waals surface area contributed by atoms with Crippen molar-refractivity contribution in [3.8, 4) is 5.75 Å². The van der Waals surface area contributed by atoms with Crippen molar-refractivity contribution in [2.24, 2.45) is 0 Å². The Morgan fingerprint density at radius 2 is 1.60 bits per heavy atom. The quantitative estimate of drug-likeness (QED) is 0.802. The van der Waals surface area contributed by atoms with Gasteiger partial charge in [0.2, 0.25) is 0 Å². The molecule has 0 aliphatic carbocycles. The molecule has 0 saturated carbocycles. The number of benzene rings is 2. The van der Waals surface area contributed by atoms with Crippen molar-refractivity contribution >= 4 is 5.78 Å². The van der Waals surface area contributed by atoms with Gasteiger partial charge in [0.05, 0.1) is 18.2 Å². The highest BCUT2D eigenvalue weighted by Crippen LogP contribution is 2.22. The number of carbonyl (C=O) groups excluding carboxylic acids is 1. The summed E-state index contributed by atoms with van der Waals surface area (Å²) in [5, 5.41) is 0. The number of ether oxygens (including phenoxy) is 1. The van der Waals surface area contributed by atoms with Gasteiger partial charge in [-0.25, -0.2) is 13.2 Å². The molecule has 0 saturated heterocycles. The molecule has 0 radical (unpaired) electrons. The van der Waals surface area contributed by atoms with E-state index in [1.54, 1.807) is 0 Å². The number of methoxy groups -OCH3 is 1. The van der Waals surface area contributed by atoms with Crippen molar-refractivity contribution in [2.45, 2.75) is 6.92 Å². The SMILES string of the molecule is COc1ccc(C(=O)c2cc(C)c(F)cc2F)c(F)c1. The fourth-order valence-corrected chi connectivity index (χ4v) is 1.78. The van der Waals surface area contributed by atoms with Crippen molar-refractivity contribution in [1.82, 2.24) is 0 Å². The molecule has 0 fully saturated rings. The van der Waals surface area contributed by atoms with E-state index in [2.05, 4.69) is 0 Å². The van der Waals surface area contributed by atoms with E-state index >= 15 is 0 Å². The van der Waals surface area contributed by atoms with Gasteiger partial charge in [-0.15, -0.1) is 0 Å². The second-order valence-corrected chi connectivity index (χ2v) is 4.26. The maximum Gasteiger partial charge on any atom is 0.198 e. The normalized spacial score (nSPS) is 10.4. The summed E-state index contributed by atoms with van der Waals surface area (Å²) in [6.07, 6.45) is 0. The monoisotopic (exact) mass is 280 g/mol. The number of halogens is 3. The average Bonchev–Trinajstić information content (AvgIpc) is 2.42. The van der Waals surface area contributed by atoms with Crippen molar-refractivity contribution in [1.29, 1.82) is 0 Å². The maximum atomic E-state index is 13.8. The molecule has 2 nitrogen and oxygen atoms in total. The minimum atomic E-state index is -1.02. The molecule has 2 aromatic carbocycles. The second kappa shape index (κ2) is 5.36. The standard InChI is InChI=1S/C15H11F3O2/c1-8-5-11(14(18)7-12(8)16)15(19)10-4-3-9(20-2)6-13(10)17/h3-7H,1-2H3. The minimum Gasteiger partial charge on any atom is -0.497 e. The van der Waals surface area contributed by atoms with Gasteiger partial charge in [0.15, 0.2) is 5.78 Å².